The number of carbonyl (C=O) groups excluding carboxylic acids is 2. The van der Waals surface area contributed by atoms with E-state index in [4.69, 9.17) is 9.84 Å². The maximum Gasteiger partial charge on any atom is 0.423 e. The molecule has 0 aromatic carbocycles. The summed E-state index contributed by atoms with van der Waals surface area (Å²) < 4.78 is 5.04. The van der Waals surface area contributed by atoms with Crippen molar-refractivity contribution in [3.63, 3.8) is 0 Å². The van der Waals surface area contributed by atoms with E-state index >= 15 is 0 Å². The van der Waals surface area contributed by atoms with Gasteiger partial charge in [0.2, 0.25) is 0 Å². The van der Waals surface area contributed by atoms with Crippen LogP contribution in [0.15, 0.2) is 0 Å². The van der Waals surface area contributed by atoms with Crippen molar-refractivity contribution in [3.05, 3.63) is 0 Å². The van der Waals surface area contributed by atoms with Gasteiger partial charge in [0.1, 0.15) is 12.1 Å². The number of carboxylic acid groups (broad SMARTS) is 1. The first-order valence-electron chi connectivity index (χ1n) is 5.23. The van der Waals surface area contributed by atoms with Crippen molar-refractivity contribution in [2.75, 3.05) is 20.6 Å². The van der Waals surface area contributed by atoms with Gasteiger partial charge in [-0.25, -0.2) is 15.0 Å². The topological polar surface area (TPSA) is 99.2 Å². The molecular formula is C10H19N3O5. The van der Waals surface area contributed by atoms with Crippen LogP contribution in [0.25, 0.3) is 0 Å². The molecule has 0 unspecified atom stereocenters. The first-order chi connectivity index (χ1) is 8.03. The number of hydrogen-bond acceptors (Lipinski definition) is 4. The molecule has 0 heterocycles. The van der Waals surface area contributed by atoms with Gasteiger partial charge in [-0.2, -0.15) is 0 Å². The molecule has 0 bridgehead atoms. The summed E-state index contributed by atoms with van der Waals surface area (Å²) in [4.78, 5) is 34.4. The van der Waals surface area contributed by atoms with Crippen molar-refractivity contribution in [2.24, 2.45) is 0 Å². The zero-order chi connectivity index (χ0) is 14.5. The molecular weight excluding hydrogens is 242 g/mol. The van der Waals surface area contributed by atoms with Gasteiger partial charge < -0.3 is 14.7 Å². The molecule has 8 heteroatoms. The van der Waals surface area contributed by atoms with Crippen LogP contribution in [-0.4, -0.2) is 59.4 Å². The lowest BCUT2D eigenvalue weighted by atomic mass is 10.2. The van der Waals surface area contributed by atoms with E-state index in [0.29, 0.717) is 0 Å². The summed E-state index contributed by atoms with van der Waals surface area (Å²) >= 11 is 0. The van der Waals surface area contributed by atoms with Gasteiger partial charge in [-0.15, -0.1) is 0 Å². The minimum atomic E-state index is -1.36. The van der Waals surface area contributed by atoms with Crippen molar-refractivity contribution in [1.82, 2.24) is 15.3 Å². The molecule has 0 saturated carbocycles. The number of hydrogen-bond donors (Lipinski definition) is 2. The van der Waals surface area contributed by atoms with Gasteiger partial charge in [-0.05, 0) is 20.8 Å². The van der Waals surface area contributed by atoms with Gasteiger partial charge in [0, 0.05) is 14.1 Å². The Bertz CT molecular complexity index is 337. The van der Waals surface area contributed by atoms with Crippen LogP contribution in [0, 0.1) is 0 Å². The van der Waals surface area contributed by atoms with Gasteiger partial charge in [-0.1, -0.05) is 0 Å². The van der Waals surface area contributed by atoms with Crippen LogP contribution in [0.5, 0.6) is 0 Å². The monoisotopic (exact) mass is 261 g/mol. The minimum absolute atomic E-state index is 0.286. The van der Waals surface area contributed by atoms with Crippen LogP contribution < -0.4 is 5.43 Å². The van der Waals surface area contributed by atoms with Crippen LogP contribution in [0.1, 0.15) is 20.8 Å². The third-order valence-electron chi connectivity index (χ3n) is 1.72. The number of amides is 3. The molecule has 0 aliphatic rings. The lowest BCUT2D eigenvalue weighted by Gasteiger charge is -2.25. The third-order valence-corrected chi connectivity index (χ3v) is 1.72. The van der Waals surface area contributed by atoms with E-state index in [-0.39, 0.29) is 6.54 Å². The molecule has 3 amide bonds. The minimum Gasteiger partial charge on any atom is -0.464 e. The highest BCUT2D eigenvalue weighted by Crippen LogP contribution is 2.08. The summed E-state index contributed by atoms with van der Waals surface area (Å²) in [6, 6.07) is 0. The van der Waals surface area contributed by atoms with Crippen molar-refractivity contribution >= 4 is 18.1 Å². The number of likely N-dealkylation sites (N-methyl/N-ethyl adjacent to an activating group) is 2. The second-order valence-corrected chi connectivity index (χ2v) is 4.71. The summed E-state index contributed by atoms with van der Waals surface area (Å²) in [6.07, 6.45) is -2.01. The van der Waals surface area contributed by atoms with Gasteiger partial charge in [-0.3, -0.25) is 9.80 Å². The van der Waals surface area contributed by atoms with Gasteiger partial charge in [0.05, 0.1) is 0 Å². The van der Waals surface area contributed by atoms with E-state index in [1.54, 1.807) is 20.8 Å². The van der Waals surface area contributed by atoms with E-state index in [1.165, 1.54) is 14.1 Å². The second-order valence-electron chi connectivity index (χ2n) is 4.71. The Labute approximate surface area is 105 Å². The Kier molecular flexibility index (Phi) is 5.41. The van der Waals surface area contributed by atoms with E-state index in [2.05, 4.69) is 0 Å². The fraction of sp³-hybridized carbons (Fsp3) is 0.700. The van der Waals surface area contributed by atoms with E-state index in [0.717, 1.165) is 9.91 Å². The van der Waals surface area contributed by atoms with Crippen molar-refractivity contribution in [3.8, 4) is 0 Å². The molecule has 0 aromatic heterocycles. The third kappa shape index (κ3) is 6.56. The number of carbonyl (C=O) groups is 3. The molecule has 0 aliphatic carbocycles. The second kappa shape index (κ2) is 6.08. The molecule has 104 valence electrons. The SMILES string of the molecule is CN(CC(=O)N(C)NC(=O)O)C(=O)OC(C)(C)C. The molecule has 0 radical (unpaired) electrons. The average Bonchev–Trinajstić information content (AvgIpc) is 2.13. The maximum atomic E-state index is 11.5. The van der Waals surface area contributed by atoms with Gasteiger partial charge in [0.15, 0.2) is 0 Å². The summed E-state index contributed by atoms with van der Waals surface area (Å²) in [6.45, 7) is 4.84. The van der Waals surface area contributed by atoms with E-state index in [1.807, 2.05) is 5.43 Å². The lowest BCUT2D eigenvalue weighted by molar-refractivity contribution is -0.133. The zero-order valence-electron chi connectivity index (χ0n) is 11.2. The molecule has 0 spiro atoms. The van der Waals surface area contributed by atoms with Crippen LogP contribution in [0.2, 0.25) is 0 Å². The normalized spacial score (nSPS) is 10.5. The maximum absolute atomic E-state index is 11.5. The average molecular weight is 261 g/mol. The highest BCUT2D eigenvalue weighted by atomic mass is 16.6. The summed E-state index contributed by atoms with van der Waals surface area (Å²) in [5.41, 5.74) is 1.20. The Morgan fingerprint density at radius 3 is 2.11 bits per heavy atom. The fourth-order valence-corrected chi connectivity index (χ4v) is 0.919. The molecule has 0 fully saturated rings. The largest absolute Gasteiger partial charge is 0.464 e. The Hall–Kier alpha value is -1.99. The number of hydrazine groups is 1. The Morgan fingerprint density at radius 1 is 1.22 bits per heavy atom. The Morgan fingerprint density at radius 2 is 1.72 bits per heavy atom. The molecule has 8 nitrogen and oxygen atoms in total. The Balaban J connectivity index is 4.31. The van der Waals surface area contributed by atoms with Crippen LogP contribution in [-0.2, 0) is 9.53 Å². The highest BCUT2D eigenvalue weighted by Gasteiger charge is 2.22. The lowest BCUT2D eigenvalue weighted by Crippen LogP contribution is -2.48. The molecule has 2 N–H and O–H groups in total. The molecule has 0 aliphatic heterocycles. The molecule has 0 aromatic rings. The molecule has 0 rings (SSSR count). The first kappa shape index (κ1) is 16.0. The summed E-state index contributed by atoms with van der Waals surface area (Å²) in [7, 11) is 2.64. The predicted octanol–water partition coefficient (Wildman–Crippen LogP) is 0.494. The van der Waals surface area contributed by atoms with Crippen molar-refractivity contribution in [1.29, 1.82) is 0 Å². The number of nitrogens with one attached hydrogen (secondary N) is 1. The standard InChI is InChI=1S/C10H19N3O5/c1-10(2,3)18-9(17)12(4)6-7(14)13(5)11-8(15)16/h11H,6H2,1-5H3,(H,15,16). The number of nitrogens with zero attached hydrogens (tertiary/aromatic N) is 2. The summed E-state index contributed by atoms with van der Waals surface area (Å²) in [5.74, 6) is -0.578. The molecule has 18 heavy (non-hydrogen) atoms. The van der Waals surface area contributed by atoms with Crippen molar-refractivity contribution in [2.45, 2.75) is 26.4 Å². The van der Waals surface area contributed by atoms with E-state index < -0.39 is 23.7 Å². The highest BCUT2D eigenvalue weighted by molar-refractivity contribution is 5.83. The van der Waals surface area contributed by atoms with Crippen molar-refractivity contribution < 1.29 is 24.2 Å². The fourth-order valence-electron chi connectivity index (χ4n) is 0.919. The molecule has 0 atom stereocenters. The van der Waals surface area contributed by atoms with Crippen LogP contribution >= 0.6 is 0 Å². The number of rotatable bonds is 2. The van der Waals surface area contributed by atoms with Crippen LogP contribution in [0.4, 0.5) is 9.59 Å². The quantitative estimate of drug-likeness (QED) is 0.705. The smallest absolute Gasteiger partial charge is 0.423 e. The zero-order valence-corrected chi connectivity index (χ0v) is 11.2. The number of ether oxygens (including phenoxy) is 1. The molecule has 0 saturated heterocycles. The van der Waals surface area contributed by atoms with Gasteiger partial charge in [0.25, 0.3) is 5.91 Å². The van der Waals surface area contributed by atoms with E-state index in [9.17, 15) is 14.4 Å². The summed E-state index contributed by atoms with van der Waals surface area (Å²) in [5, 5.41) is 9.20. The predicted molar refractivity (Wildman–Crippen MR) is 62.8 cm³/mol. The first-order valence-corrected chi connectivity index (χ1v) is 5.23. The van der Waals surface area contributed by atoms with Crippen LogP contribution in [0.3, 0.4) is 0 Å². The van der Waals surface area contributed by atoms with Gasteiger partial charge >= 0.3 is 12.2 Å².